The second-order valence-corrected chi connectivity index (χ2v) is 4.83. The number of hydrogen-bond donors (Lipinski definition) is 1. The molecule has 17 heavy (non-hydrogen) atoms. The molecule has 0 aromatic carbocycles. The first-order valence-electron chi connectivity index (χ1n) is 6.36. The summed E-state index contributed by atoms with van der Waals surface area (Å²) in [6.45, 7) is 3.64. The van der Waals surface area contributed by atoms with Crippen molar-refractivity contribution in [1.29, 1.82) is 0 Å². The number of likely N-dealkylation sites (tertiary alicyclic amines) is 1. The van der Waals surface area contributed by atoms with Crippen LogP contribution in [0.1, 0.15) is 25.7 Å². The third kappa shape index (κ3) is 3.83. The van der Waals surface area contributed by atoms with E-state index in [9.17, 15) is 4.79 Å². The quantitative estimate of drug-likeness (QED) is 0.827. The average Bonchev–Trinajstić information content (AvgIpc) is 2.83. The summed E-state index contributed by atoms with van der Waals surface area (Å²) in [5.74, 6) is 0.957. The fraction of sp³-hybridized carbons (Fsp3) is 0.917. The molecule has 2 saturated heterocycles. The minimum absolute atomic E-state index is 0. The van der Waals surface area contributed by atoms with Crippen LogP contribution in [-0.4, -0.2) is 50.2 Å². The molecule has 2 heterocycles. The molecule has 0 saturated carbocycles. The van der Waals surface area contributed by atoms with Gasteiger partial charge in [0.05, 0.1) is 0 Å². The molecular weight excluding hydrogens is 240 g/mol. The van der Waals surface area contributed by atoms with Crippen LogP contribution in [0.2, 0.25) is 0 Å². The topological polar surface area (TPSA) is 41.6 Å². The maximum Gasteiger partial charge on any atom is 0.251 e. The summed E-state index contributed by atoms with van der Waals surface area (Å²) < 4.78 is 5.44. The van der Waals surface area contributed by atoms with Gasteiger partial charge in [-0.1, -0.05) is 0 Å². The van der Waals surface area contributed by atoms with E-state index in [1.807, 2.05) is 11.9 Å². The normalized spacial score (nSPS) is 25.7. The molecule has 0 bridgehead atoms. The Morgan fingerprint density at radius 2 is 2.06 bits per heavy atom. The number of rotatable bonds is 3. The van der Waals surface area contributed by atoms with Gasteiger partial charge in [-0.3, -0.25) is 4.79 Å². The summed E-state index contributed by atoms with van der Waals surface area (Å²) in [4.78, 5) is 14.0. The zero-order chi connectivity index (χ0) is 11.4. The van der Waals surface area contributed by atoms with Gasteiger partial charge < -0.3 is 15.0 Å². The smallest absolute Gasteiger partial charge is 0.251 e. The Balaban J connectivity index is 0.00000144. The minimum Gasteiger partial charge on any atom is -0.368 e. The van der Waals surface area contributed by atoms with Crippen molar-refractivity contribution in [3.8, 4) is 0 Å². The summed E-state index contributed by atoms with van der Waals surface area (Å²) in [6, 6.07) is 0. The Kier molecular flexibility index (Phi) is 6.23. The van der Waals surface area contributed by atoms with Crippen molar-refractivity contribution in [1.82, 2.24) is 10.2 Å². The highest BCUT2D eigenvalue weighted by Gasteiger charge is 2.30. The Bertz CT molecular complexity index is 237. The third-order valence-corrected chi connectivity index (χ3v) is 3.62. The van der Waals surface area contributed by atoms with Gasteiger partial charge in [0.2, 0.25) is 0 Å². The first-order valence-corrected chi connectivity index (χ1v) is 6.36. The number of carbonyl (C=O) groups excluding carboxylic acids is 1. The van der Waals surface area contributed by atoms with Crippen LogP contribution in [0.5, 0.6) is 0 Å². The van der Waals surface area contributed by atoms with Crippen molar-refractivity contribution in [2.24, 2.45) is 5.92 Å². The molecule has 1 unspecified atom stereocenters. The lowest BCUT2D eigenvalue weighted by Gasteiger charge is -2.33. The number of nitrogens with zero attached hydrogens (tertiary/aromatic N) is 1. The molecular formula is C12H23ClN2O2. The van der Waals surface area contributed by atoms with Gasteiger partial charge in [0.1, 0.15) is 6.10 Å². The van der Waals surface area contributed by atoms with Crippen LogP contribution in [0.4, 0.5) is 0 Å². The second-order valence-electron chi connectivity index (χ2n) is 4.83. The van der Waals surface area contributed by atoms with Gasteiger partial charge in [0.15, 0.2) is 0 Å². The highest BCUT2D eigenvalue weighted by atomic mass is 35.5. The van der Waals surface area contributed by atoms with Gasteiger partial charge in [-0.25, -0.2) is 0 Å². The maximum atomic E-state index is 12.1. The SMILES string of the molecule is CNCC1CCN(C(=O)C2CCCO2)CC1.Cl. The Hall–Kier alpha value is -0.320. The molecule has 0 aliphatic carbocycles. The summed E-state index contributed by atoms with van der Waals surface area (Å²) in [6.07, 6.45) is 4.06. The van der Waals surface area contributed by atoms with E-state index in [-0.39, 0.29) is 24.4 Å². The van der Waals surface area contributed by atoms with Crippen LogP contribution in [0, 0.1) is 5.92 Å². The van der Waals surface area contributed by atoms with Gasteiger partial charge in [-0.15, -0.1) is 12.4 Å². The summed E-state index contributed by atoms with van der Waals surface area (Å²) in [7, 11) is 1.99. The van der Waals surface area contributed by atoms with Crippen molar-refractivity contribution >= 4 is 18.3 Å². The Morgan fingerprint density at radius 1 is 1.35 bits per heavy atom. The average molecular weight is 263 g/mol. The first kappa shape index (κ1) is 14.7. The van der Waals surface area contributed by atoms with Crippen LogP contribution < -0.4 is 5.32 Å². The molecule has 2 aliphatic heterocycles. The van der Waals surface area contributed by atoms with Crippen LogP contribution in [0.25, 0.3) is 0 Å². The van der Waals surface area contributed by atoms with Crippen molar-refractivity contribution in [3.63, 3.8) is 0 Å². The number of nitrogens with one attached hydrogen (secondary N) is 1. The standard InChI is InChI=1S/C12H22N2O2.ClH/c1-13-9-10-4-6-14(7-5-10)12(15)11-3-2-8-16-11;/h10-11,13H,2-9H2,1H3;1H. The van der Waals surface area contributed by atoms with Crippen molar-refractivity contribution in [2.75, 3.05) is 33.3 Å². The zero-order valence-corrected chi connectivity index (χ0v) is 11.3. The molecule has 0 aromatic heterocycles. The molecule has 0 radical (unpaired) electrons. The summed E-state index contributed by atoms with van der Waals surface area (Å²) >= 11 is 0. The minimum atomic E-state index is -0.138. The molecule has 0 aromatic rings. The Labute approximate surface area is 109 Å². The molecule has 2 fully saturated rings. The van der Waals surface area contributed by atoms with Crippen molar-refractivity contribution in [3.05, 3.63) is 0 Å². The fourth-order valence-corrected chi connectivity index (χ4v) is 2.62. The van der Waals surface area contributed by atoms with E-state index in [0.29, 0.717) is 0 Å². The lowest BCUT2D eigenvalue weighted by atomic mass is 9.96. The van der Waals surface area contributed by atoms with Gasteiger partial charge in [-0.05, 0) is 45.2 Å². The molecule has 2 aliphatic rings. The monoisotopic (exact) mass is 262 g/mol. The van der Waals surface area contributed by atoms with Gasteiger partial charge in [0, 0.05) is 19.7 Å². The van der Waals surface area contributed by atoms with Crippen molar-refractivity contribution in [2.45, 2.75) is 31.8 Å². The third-order valence-electron chi connectivity index (χ3n) is 3.62. The summed E-state index contributed by atoms with van der Waals surface area (Å²) in [5.41, 5.74) is 0. The molecule has 1 N–H and O–H groups in total. The van der Waals surface area contributed by atoms with E-state index in [0.717, 1.165) is 57.8 Å². The molecule has 2 rings (SSSR count). The highest BCUT2D eigenvalue weighted by Crippen LogP contribution is 2.20. The molecule has 1 atom stereocenters. The van der Waals surface area contributed by atoms with Gasteiger partial charge >= 0.3 is 0 Å². The van der Waals surface area contributed by atoms with Crippen LogP contribution >= 0.6 is 12.4 Å². The van der Waals surface area contributed by atoms with Crippen LogP contribution in [0.3, 0.4) is 0 Å². The maximum absolute atomic E-state index is 12.1. The van der Waals surface area contributed by atoms with E-state index in [2.05, 4.69) is 5.32 Å². The van der Waals surface area contributed by atoms with Crippen LogP contribution in [0.15, 0.2) is 0 Å². The molecule has 100 valence electrons. The van der Waals surface area contributed by atoms with E-state index in [1.54, 1.807) is 0 Å². The summed E-state index contributed by atoms with van der Waals surface area (Å²) in [5, 5.41) is 3.21. The van der Waals surface area contributed by atoms with Gasteiger partial charge in [-0.2, -0.15) is 0 Å². The lowest BCUT2D eigenvalue weighted by molar-refractivity contribution is -0.142. The number of piperidine rings is 1. The number of ether oxygens (including phenoxy) is 1. The number of halogens is 1. The van der Waals surface area contributed by atoms with Crippen molar-refractivity contribution < 1.29 is 9.53 Å². The highest BCUT2D eigenvalue weighted by molar-refractivity contribution is 5.85. The number of amides is 1. The number of carbonyl (C=O) groups is 1. The molecule has 0 spiro atoms. The lowest BCUT2D eigenvalue weighted by Crippen LogP contribution is -2.44. The van der Waals surface area contributed by atoms with E-state index < -0.39 is 0 Å². The molecule has 1 amide bonds. The van der Waals surface area contributed by atoms with E-state index in [4.69, 9.17) is 4.74 Å². The van der Waals surface area contributed by atoms with E-state index >= 15 is 0 Å². The predicted molar refractivity (Wildman–Crippen MR) is 69.5 cm³/mol. The fourth-order valence-electron chi connectivity index (χ4n) is 2.62. The van der Waals surface area contributed by atoms with Gasteiger partial charge in [0.25, 0.3) is 5.91 Å². The first-order chi connectivity index (χ1) is 7.81. The predicted octanol–water partition coefficient (Wildman–Crippen LogP) is 1.05. The van der Waals surface area contributed by atoms with Crippen LogP contribution in [-0.2, 0) is 9.53 Å². The zero-order valence-electron chi connectivity index (χ0n) is 10.5. The Morgan fingerprint density at radius 3 is 2.59 bits per heavy atom. The second kappa shape index (κ2) is 7.19. The number of hydrogen-bond acceptors (Lipinski definition) is 3. The largest absolute Gasteiger partial charge is 0.368 e. The molecule has 5 heteroatoms. The molecule has 4 nitrogen and oxygen atoms in total. The van der Waals surface area contributed by atoms with E-state index in [1.165, 1.54) is 0 Å².